The molecule has 1 atom stereocenters. The number of benzene rings is 1. The first-order valence-electron chi connectivity index (χ1n) is 4.52. The lowest BCUT2D eigenvalue weighted by atomic mass is 10.2. The molecule has 0 amide bonds. The zero-order valence-corrected chi connectivity index (χ0v) is 8.74. The van der Waals surface area contributed by atoms with Crippen molar-refractivity contribution in [3.63, 3.8) is 0 Å². The van der Waals surface area contributed by atoms with Crippen LogP contribution in [0.1, 0.15) is 0 Å². The Kier molecular flexibility index (Phi) is 2.40. The first kappa shape index (κ1) is 10.0. The molecule has 0 unspecified atom stereocenters. The zero-order chi connectivity index (χ0) is 10.9. The second kappa shape index (κ2) is 3.58. The molecular weight excluding hydrogens is 214 g/mol. The van der Waals surface area contributed by atoms with Crippen LogP contribution < -0.4 is 5.32 Å². The number of hydrogen-bond acceptors (Lipinski definition) is 4. The van der Waals surface area contributed by atoms with E-state index in [4.69, 9.17) is 5.11 Å². The Labute approximate surface area is 88.2 Å². The van der Waals surface area contributed by atoms with Crippen LogP contribution >= 0.6 is 0 Å². The maximum atomic E-state index is 11.1. The summed E-state index contributed by atoms with van der Waals surface area (Å²) in [6, 6.07) is 6.33. The molecule has 2 rings (SSSR count). The Morgan fingerprint density at radius 1 is 1.27 bits per heavy atom. The first-order chi connectivity index (χ1) is 7.05. The Balaban J connectivity index is 2.05. The van der Waals surface area contributed by atoms with E-state index in [1.807, 2.05) is 0 Å². The standard InChI is InChI=1S/C10H11NO3S/c12-10-3-1-8(2-4-10)11-9-5-6-15(13,14)7-9/h1-6,9,11-12H,7H2/t9-/m0/s1. The van der Waals surface area contributed by atoms with E-state index < -0.39 is 9.84 Å². The SMILES string of the molecule is O=S1(=O)C=C[C@H](Nc2ccc(O)cc2)C1. The average molecular weight is 225 g/mol. The van der Waals surface area contributed by atoms with E-state index in [0.717, 1.165) is 5.69 Å². The smallest absolute Gasteiger partial charge is 0.173 e. The second-order valence-electron chi connectivity index (χ2n) is 3.46. The molecule has 4 nitrogen and oxygen atoms in total. The van der Waals surface area contributed by atoms with Crippen molar-refractivity contribution in [1.82, 2.24) is 0 Å². The van der Waals surface area contributed by atoms with Crippen LogP contribution in [0.4, 0.5) is 5.69 Å². The van der Waals surface area contributed by atoms with Gasteiger partial charge in [-0.2, -0.15) is 0 Å². The van der Waals surface area contributed by atoms with Crippen LogP contribution in [0.25, 0.3) is 0 Å². The van der Waals surface area contributed by atoms with Crippen molar-refractivity contribution in [2.45, 2.75) is 6.04 Å². The molecule has 0 spiro atoms. The zero-order valence-electron chi connectivity index (χ0n) is 7.92. The molecule has 15 heavy (non-hydrogen) atoms. The Bertz CT molecular complexity index is 476. The van der Waals surface area contributed by atoms with Gasteiger partial charge in [-0.1, -0.05) is 6.08 Å². The fourth-order valence-electron chi connectivity index (χ4n) is 1.44. The molecule has 0 saturated carbocycles. The van der Waals surface area contributed by atoms with E-state index in [1.54, 1.807) is 30.3 Å². The van der Waals surface area contributed by atoms with E-state index in [2.05, 4.69) is 5.32 Å². The Morgan fingerprint density at radius 3 is 2.47 bits per heavy atom. The fraction of sp³-hybridized carbons (Fsp3) is 0.200. The maximum Gasteiger partial charge on any atom is 0.173 e. The lowest BCUT2D eigenvalue weighted by Crippen LogP contribution is -2.20. The molecule has 1 aliphatic heterocycles. The summed E-state index contributed by atoms with van der Waals surface area (Å²) in [4.78, 5) is 0. The van der Waals surface area contributed by atoms with Crippen LogP contribution in [0.15, 0.2) is 35.7 Å². The molecule has 80 valence electrons. The van der Waals surface area contributed by atoms with Crippen LogP contribution in [0.2, 0.25) is 0 Å². The number of rotatable bonds is 2. The molecule has 1 heterocycles. The van der Waals surface area contributed by atoms with Gasteiger partial charge >= 0.3 is 0 Å². The van der Waals surface area contributed by atoms with Gasteiger partial charge < -0.3 is 10.4 Å². The molecule has 0 bridgehead atoms. The highest BCUT2D eigenvalue weighted by Crippen LogP contribution is 2.17. The summed E-state index contributed by atoms with van der Waals surface area (Å²) in [5.74, 6) is 0.281. The predicted molar refractivity (Wildman–Crippen MR) is 58.4 cm³/mol. The Morgan fingerprint density at radius 2 is 1.93 bits per heavy atom. The second-order valence-corrected chi connectivity index (χ2v) is 5.39. The highest BCUT2D eigenvalue weighted by Gasteiger charge is 2.21. The van der Waals surface area contributed by atoms with Crippen molar-refractivity contribution in [3.8, 4) is 5.75 Å². The monoisotopic (exact) mass is 225 g/mol. The van der Waals surface area contributed by atoms with Crippen molar-refractivity contribution in [1.29, 1.82) is 0 Å². The minimum Gasteiger partial charge on any atom is -0.508 e. The molecule has 0 fully saturated rings. The average Bonchev–Trinajstić information content (AvgIpc) is 2.50. The largest absolute Gasteiger partial charge is 0.508 e. The third-order valence-electron chi connectivity index (χ3n) is 2.15. The number of sulfone groups is 1. The first-order valence-corrected chi connectivity index (χ1v) is 6.23. The van der Waals surface area contributed by atoms with Crippen LogP contribution in [-0.4, -0.2) is 25.3 Å². The van der Waals surface area contributed by atoms with Crippen LogP contribution in [-0.2, 0) is 9.84 Å². The van der Waals surface area contributed by atoms with Gasteiger partial charge in [0.25, 0.3) is 0 Å². The van der Waals surface area contributed by atoms with E-state index in [1.165, 1.54) is 5.41 Å². The van der Waals surface area contributed by atoms with Gasteiger partial charge in [-0.3, -0.25) is 0 Å². The fourth-order valence-corrected chi connectivity index (χ4v) is 2.67. The van der Waals surface area contributed by atoms with Crippen molar-refractivity contribution in [2.24, 2.45) is 0 Å². The highest BCUT2D eigenvalue weighted by molar-refractivity contribution is 7.94. The third kappa shape index (κ3) is 2.50. The van der Waals surface area contributed by atoms with E-state index in [-0.39, 0.29) is 17.5 Å². The van der Waals surface area contributed by atoms with Crippen LogP contribution in [0.5, 0.6) is 5.75 Å². The van der Waals surface area contributed by atoms with Crippen molar-refractivity contribution in [3.05, 3.63) is 35.7 Å². The molecule has 1 aromatic rings. The number of anilines is 1. The number of hydrogen-bond donors (Lipinski definition) is 2. The molecule has 0 aliphatic carbocycles. The lowest BCUT2D eigenvalue weighted by molar-refractivity contribution is 0.475. The topological polar surface area (TPSA) is 66.4 Å². The summed E-state index contributed by atoms with van der Waals surface area (Å²) >= 11 is 0. The van der Waals surface area contributed by atoms with E-state index in [9.17, 15) is 8.42 Å². The quantitative estimate of drug-likeness (QED) is 0.740. The van der Waals surface area contributed by atoms with Crippen LogP contribution in [0.3, 0.4) is 0 Å². The van der Waals surface area contributed by atoms with Crippen molar-refractivity contribution < 1.29 is 13.5 Å². The minimum atomic E-state index is -3.02. The lowest BCUT2D eigenvalue weighted by Gasteiger charge is -2.11. The summed E-state index contributed by atoms with van der Waals surface area (Å²) < 4.78 is 22.2. The summed E-state index contributed by atoms with van der Waals surface area (Å²) in [5.41, 5.74) is 0.791. The van der Waals surface area contributed by atoms with Gasteiger partial charge in [0, 0.05) is 11.1 Å². The molecule has 0 aromatic heterocycles. The number of phenolic OH excluding ortho intramolecular Hbond substituents is 1. The van der Waals surface area contributed by atoms with Crippen molar-refractivity contribution in [2.75, 3.05) is 11.1 Å². The molecular formula is C10H11NO3S. The highest BCUT2D eigenvalue weighted by atomic mass is 32.2. The molecule has 2 N–H and O–H groups in total. The molecule has 5 heteroatoms. The maximum absolute atomic E-state index is 11.1. The van der Waals surface area contributed by atoms with Gasteiger partial charge in [-0.15, -0.1) is 0 Å². The number of phenols is 1. The van der Waals surface area contributed by atoms with Gasteiger partial charge in [0.15, 0.2) is 9.84 Å². The minimum absolute atomic E-state index is 0.0911. The van der Waals surface area contributed by atoms with Gasteiger partial charge in [0.2, 0.25) is 0 Å². The number of nitrogens with one attached hydrogen (secondary N) is 1. The van der Waals surface area contributed by atoms with Gasteiger partial charge in [0.1, 0.15) is 5.75 Å². The van der Waals surface area contributed by atoms with Crippen molar-refractivity contribution >= 4 is 15.5 Å². The number of aromatic hydroxyl groups is 1. The summed E-state index contributed by atoms with van der Waals surface area (Å²) in [5, 5.41) is 13.3. The molecule has 0 radical (unpaired) electrons. The van der Waals surface area contributed by atoms with E-state index >= 15 is 0 Å². The van der Waals surface area contributed by atoms with Gasteiger partial charge in [-0.05, 0) is 24.3 Å². The normalized spacial score (nSPS) is 22.8. The van der Waals surface area contributed by atoms with E-state index in [0.29, 0.717) is 0 Å². The molecule has 0 saturated heterocycles. The summed E-state index contributed by atoms with van der Waals surface area (Å²) in [7, 11) is -3.02. The Hall–Kier alpha value is -1.49. The summed E-state index contributed by atoms with van der Waals surface area (Å²) in [6.45, 7) is 0. The van der Waals surface area contributed by atoms with Crippen LogP contribution in [0, 0.1) is 0 Å². The van der Waals surface area contributed by atoms with Gasteiger partial charge in [-0.25, -0.2) is 8.42 Å². The predicted octanol–water partition coefficient (Wildman–Crippen LogP) is 1.11. The molecule has 1 aromatic carbocycles. The summed E-state index contributed by atoms with van der Waals surface area (Å²) in [6.07, 6.45) is 1.63. The van der Waals surface area contributed by atoms with Gasteiger partial charge in [0.05, 0.1) is 11.8 Å². The molecule has 1 aliphatic rings. The third-order valence-corrected chi connectivity index (χ3v) is 3.54.